The standard InChI is InChI=1S/C25H22IN3O4S/c1-16-7-3-4-8-18(16)14-32-24-19(26)11-17(12-22(24)31-2)13-27-29-23(30)15-34-25-28-20-9-5-6-10-21(20)33-25/h3-13H,14-15H2,1-2H3,(H,29,30)/b27-13-. The Balaban J connectivity index is 1.34. The minimum Gasteiger partial charge on any atom is -0.493 e. The number of hydrogen-bond donors (Lipinski definition) is 1. The number of aromatic nitrogens is 1. The van der Waals surface area contributed by atoms with E-state index in [1.165, 1.54) is 17.3 Å². The van der Waals surface area contributed by atoms with E-state index in [0.29, 0.717) is 28.9 Å². The van der Waals surface area contributed by atoms with E-state index in [0.717, 1.165) is 20.2 Å². The number of carbonyl (C=O) groups excluding carboxylic acids is 1. The summed E-state index contributed by atoms with van der Waals surface area (Å²) in [5.74, 6) is 1.14. The number of rotatable bonds is 9. The quantitative estimate of drug-likeness (QED) is 0.119. The Hall–Kier alpha value is -3.05. The van der Waals surface area contributed by atoms with Crippen molar-refractivity contribution in [1.29, 1.82) is 0 Å². The largest absolute Gasteiger partial charge is 0.493 e. The van der Waals surface area contributed by atoms with Crippen LogP contribution in [0.1, 0.15) is 16.7 Å². The molecule has 1 amide bonds. The molecule has 0 fully saturated rings. The zero-order valence-corrected chi connectivity index (χ0v) is 21.6. The topological polar surface area (TPSA) is 86.0 Å². The Kier molecular flexibility index (Phi) is 8.07. The van der Waals surface area contributed by atoms with Crippen LogP contribution in [0.3, 0.4) is 0 Å². The van der Waals surface area contributed by atoms with Crippen molar-refractivity contribution >= 4 is 57.6 Å². The van der Waals surface area contributed by atoms with E-state index in [1.54, 1.807) is 13.3 Å². The molecule has 1 aromatic heterocycles. The Morgan fingerprint density at radius 2 is 2.00 bits per heavy atom. The van der Waals surface area contributed by atoms with Crippen LogP contribution in [0.15, 0.2) is 75.4 Å². The molecule has 0 aliphatic carbocycles. The van der Waals surface area contributed by atoms with Crippen LogP contribution in [0.5, 0.6) is 11.5 Å². The van der Waals surface area contributed by atoms with Crippen LogP contribution < -0.4 is 14.9 Å². The lowest BCUT2D eigenvalue weighted by atomic mass is 10.1. The maximum atomic E-state index is 12.2. The molecule has 0 spiro atoms. The number of ether oxygens (including phenoxy) is 2. The first-order valence-electron chi connectivity index (χ1n) is 10.4. The van der Waals surface area contributed by atoms with E-state index in [2.05, 4.69) is 51.1 Å². The molecule has 9 heteroatoms. The average Bonchev–Trinajstić information content (AvgIpc) is 3.26. The Morgan fingerprint density at radius 3 is 2.79 bits per heavy atom. The summed E-state index contributed by atoms with van der Waals surface area (Å²) in [5.41, 5.74) is 7.04. The number of hydrogen-bond acceptors (Lipinski definition) is 7. The predicted molar refractivity (Wildman–Crippen MR) is 142 cm³/mol. The molecular formula is C25H22IN3O4S. The summed E-state index contributed by atoms with van der Waals surface area (Å²) in [6.07, 6.45) is 1.57. The Labute approximate surface area is 215 Å². The summed E-state index contributed by atoms with van der Waals surface area (Å²) in [6.45, 7) is 2.50. The summed E-state index contributed by atoms with van der Waals surface area (Å²) in [5, 5.41) is 4.50. The number of hydrazone groups is 1. The van der Waals surface area contributed by atoms with Crippen LogP contribution >= 0.6 is 34.4 Å². The SMILES string of the molecule is COc1cc(/C=N\NC(=O)CSc2nc3ccccc3o2)cc(I)c1OCc1ccccc1C. The first kappa shape index (κ1) is 24.1. The van der Waals surface area contributed by atoms with Gasteiger partial charge in [-0.05, 0) is 70.5 Å². The lowest BCUT2D eigenvalue weighted by Gasteiger charge is -2.14. The van der Waals surface area contributed by atoms with E-state index in [4.69, 9.17) is 13.9 Å². The number of para-hydroxylation sites is 2. The summed E-state index contributed by atoms with van der Waals surface area (Å²) < 4.78 is 18.1. The number of nitrogens with one attached hydrogen (secondary N) is 1. The number of fused-ring (bicyclic) bond motifs is 1. The van der Waals surface area contributed by atoms with E-state index in [9.17, 15) is 4.79 Å². The van der Waals surface area contributed by atoms with Crippen LogP contribution in [0.2, 0.25) is 0 Å². The summed E-state index contributed by atoms with van der Waals surface area (Å²) in [4.78, 5) is 16.5. The van der Waals surface area contributed by atoms with Gasteiger partial charge in [-0.2, -0.15) is 5.10 Å². The van der Waals surface area contributed by atoms with Gasteiger partial charge < -0.3 is 13.9 Å². The smallest absolute Gasteiger partial charge is 0.257 e. The van der Waals surface area contributed by atoms with Crippen molar-refractivity contribution in [3.63, 3.8) is 0 Å². The number of thioether (sulfide) groups is 1. The highest BCUT2D eigenvalue weighted by Gasteiger charge is 2.12. The van der Waals surface area contributed by atoms with Crippen molar-refractivity contribution in [2.75, 3.05) is 12.9 Å². The molecule has 1 N–H and O–H groups in total. The minimum atomic E-state index is -0.261. The zero-order valence-electron chi connectivity index (χ0n) is 18.6. The number of oxazole rings is 1. The first-order chi connectivity index (χ1) is 16.5. The summed E-state index contributed by atoms with van der Waals surface area (Å²) >= 11 is 3.42. The monoisotopic (exact) mass is 587 g/mol. The van der Waals surface area contributed by atoms with Crippen LogP contribution in [0, 0.1) is 10.5 Å². The molecule has 0 aliphatic heterocycles. The van der Waals surface area contributed by atoms with Crippen LogP contribution in [0.25, 0.3) is 11.1 Å². The van der Waals surface area contributed by atoms with E-state index in [1.807, 2.05) is 54.6 Å². The highest BCUT2D eigenvalue weighted by atomic mass is 127. The normalized spacial score (nSPS) is 11.1. The molecule has 34 heavy (non-hydrogen) atoms. The van der Waals surface area contributed by atoms with Gasteiger partial charge in [-0.1, -0.05) is 48.2 Å². The van der Waals surface area contributed by atoms with Gasteiger partial charge in [-0.25, -0.2) is 10.4 Å². The number of aryl methyl sites for hydroxylation is 1. The second-order valence-corrected chi connectivity index (χ2v) is 9.37. The molecule has 0 saturated carbocycles. The van der Waals surface area contributed by atoms with Crippen LogP contribution in [-0.2, 0) is 11.4 Å². The molecule has 174 valence electrons. The van der Waals surface area contributed by atoms with Crippen molar-refractivity contribution in [2.45, 2.75) is 18.8 Å². The second kappa shape index (κ2) is 11.4. The maximum absolute atomic E-state index is 12.2. The van der Waals surface area contributed by atoms with Crippen molar-refractivity contribution in [1.82, 2.24) is 10.4 Å². The summed E-state index contributed by atoms with van der Waals surface area (Å²) in [7, 11) is 1.60. The Bertz CT molecular complexity index is 1310. The lowest BCUT2D eigenvalue weighted by molar-refractivity contribution is -0.118. The molecule has 0 aliphatic rings. The molecule has 4 aromatic rings. The van der Waals surface area contributed by atoms with Crippen molar-refractivity contribution < 1.29 is 18.7 Å². The number of carbonyl (C=O) groups is 1. The van der Waals surface area contributed by atoms with Gasteiger partial charge in [0.25, 0.3) is 11.1 Å². The maximum Gasteiger partial charge on any atom is 0.257 e. The molecule has 0 bridgehead atoms. The molecule has 4 rings (SSSR count). The third kappa shape index (κ3) is 6.09. The minimum absolute atomic E-state index is 0.136. The van der Waals surface area contributed by atoms with Crippen LogP contribution in [0.4, 0.5) is 0 Å². The lowest BCUT2D eigenvalue weighted by Crippen LogP contribution is -2.19. The van der Waals surface area contributed by atoms with E-state index < -0.39 is 0 Å². The molecule has 0 saturated heterocycles. The number of amides is 1. The number of halogens is 1. The van der Waals surface area contributed by atoms with Crippen molar-refractivity contribution in [2.24, 2.45) is 5.10 Å². The predicted octanol–water partition coefficient (Wildman–Crippen LogP) is 5.57. The second-order valence-electron chi connectivity index (χ2n) is 7.28. The molecule has 7 nitrogen and oxygen atoms in total. The van der Waals surface area contributed by atoms with Crippen molar-refractivity contribution in [3.8, 4) is 11.5 Å². The molecule has 0 radical (unpaired) electrons. The Morgan fingerprint density at radius 1 is 1.21 bits per heavy atom. The number of methoxy groups -OCH3 is 1. The van der Waals surface area contributed by atoms with Gasteiger partial charge in [-0.3, -0.25) is 4.79 Å². The fourth-order valence-electron chi connectivity index (χ4n) is 3.13. The average molecular weight is 587 g/mol. The fourth-order valence-corrected chi connectivity index (χ4v) is 4.54. The van der Waals surface area contributed by atoms with Gasteiger partial charge in [0.1, 0.15) is 12.1 Å². The molecule has 3 aromatic carbocycles. The summed E-state index contributed by atoms with van der Waals surface area (Å²) in [6, 6.07) is 19.3. The van der Waals surface area contributed by atoms with Gasteiger partial charge in [-0.15, -0.1) is 0 Å². The highest BCUT2D eigenvalue weighted by Crippen LogP contribution is 2.34. The van der Waals surface area contributed by atoms with Gasteiger partial charge in [0.2, 0.25) is 0 Å². The molecular weight excluding hydrogens is 565 g/mol. The first-order valence-corrected chi connectivity index (χ1v) is 12.4. The van der Waals surface area contributed by atoms with Gasteiger partial charge in [0.15, 0.2) is 17.1 Å². The third-order valence-electron chi connectivity index (χ3n) is 4.89. The van der Waals surface area contributed by atoms with Crippen LogP contribution in [-0.4, -0.2) is 30.0 Å². The van der Waals surface area contributed by atoms with Gasteiger partial charge in [0, 0.05) is 0 Å². The van der Waals surface area contributed by atoms with E-state index >= 15 is 0 Å². The van der Waals surface area contributed by atoms with Crippen molar-refractivity contribution in [3.05, 3.63) is 80.9 Å². The molecule has 0 atom stereocenters. The van der Waals surface area contributed by atoms with E-state index in [-0.39, 0.29) is 11.7 Å². The molecule has 0 unspecified atom stereocenters. The highest BCUT2D eigenvalue weighted by molar-refractivity contribution is 14.1. The fraction of sp³-hybridized carbons (Fsp3) is 0.160. The third-order valence-corrected chi connectivity index (χ3v) is 6.52. The van der Waals surface area contributed by atoms with Gasteiger partial charge in [0.05, 0.1) is 22.6 Å². The number of nitrogens with zero attached hydrogens (tertiary/aromatic N) is 2. The van der Waals surface area contributed by atoms with Gasteiger partial charge >= 0.3 is 0 Å². The molecule has 1 heterocycles. The zero-order chi connectivity index (χ0) is 23.9. The number of benzene rings is 3.